The van der Waals surface area contributed by atoms with Crippen molar-refractivity contribution in [3.63, 3.8) is 0 Å². The minimum atomic E-state index is 0.226. The largest absolute Gasteiger partial charge is 0.497 e. The van der Waals surface area contributed by atoms with Crippen molar-refractivity contribution in [1.82, 2.24) is 9.80 Å². The van der Waals surface area contributed by atoms with E-state index >= 15 is 0 Å². The van der Waals surface area contributed by atoms with Crippen LogP contribution in [0.2, 0.25) is 0 Å². The Morgan fingerprint density at radius 1 is 0.966 bits per heavy atom. The molecule has 1 N–H and O–H groups in total. The van der Waals surface area contributed by atoms with E-state index < -0.39 is 0 Å². The molecule has 0 aliphatic carbocycles. The number of methoxy groups -OCH3 is 1. The maximum absolute atomic E-state index is 10.0. The molecule has 0 radical (unpaired) electrons. The highest BCUT2D eigenvalue weighted by Gasteiger charge is 2.48. The summed E-state index contributed by atoms with van der Waals surface area (Å²) in [7, 11) is 3.88. The van der Waals surface area contributed by atoms with Crippen molar-refractivity contribution in [2.24, 2.45) is 0 Å². The molecular weight excluding hydrogens is 360 g/mol. The molecule has 0 bridgehead atoms. The minimum absolute atomic E-state index is 0.226. The van der Waals surface area contributed by atoms with Crippen molar-refractivity contribution >= 4 is 0 Å². The smallest absolute Gasteiger partial charge is 0.118 e. The van der Waals surface area contributed by atoms with E-state index in [2.05, 4.69) is 53.0 Å². The average molecular weight is 391 g/mol. The zero-order valence-electron chi connectivity index (χ0n) is 17.3. The van der Waals surface area contributed by atoms with Crippen LogP contribution in [0.15, 0.2) is 48.5 Å². The molecule has 0 spiro atoms. The lowest BCUT2D eigenvalue weighted by atomic mass is 9.74. The predicted octanol–water partition coefficient (Wildman–Crippen LogP) is 2.95. The SMILES string of the molecule is COc1ccc(C#Cc2ccc([C@@H]3[C@@H](CO)N4CCCCN(C)C[C@@H]34)cc2)cc1. The van der Waals surface area contributed by atoms with Crippen LogP contribution in [0, 0.1) is 11.8 Å². The molecule has 0 amide bonds. The average Bonchev–Trinajstić information content (AvgIpc) is 2.74. The zero-order chi connectivity index (χ0) is 20.2. The lowest BCUT2D eigenvalue weighted by Gasteiger charge is -2.57. The van der Waals surface area contributed by atoms with Crippen LogP contribution in [0.3, 0.4) is 0 Å². The first-order valence-corrected chi connectivity index (χ1v) is 10.5. The Bertz CT molecular complexity index is 866. The van der Waals surface area contributed by atoms with Crippen LogP contribution in [0.5, 0.6) is 5.75 Å². The quantitative estimate of drug-likeness (QED) is 0.818. The molecule has 0 saturated carbocycles. The molecule has 2 saturated heterocycles. The van der Waals surface area contributed by atoms with E-state index in [-0.39, 0.29) is 12.6 Å². The van der Waals surface area contributed by atoms with E-state index in [4.69, 9.17) is 4.74 Å². The van der Waals surface area contributed by atoms with Crippen molar-refractivity contribution in [3.05, 3.63) is 65.2 Å². The number of rotatable bonds is 3. The molecule has 2 heterocycles. The van der Waals surface area contributed by atoms with Crippen LogP contribution < -0.4 is 4.74 Å². The molecule has 2 aromatic carbocycles. The van der Waals surface area contributed by atoms with Gasteiger partial charge in [0.25, 0.3) is 0 Å². The molecular formula is C25H30N2O2. The van der Waals surface area contributed by atoms with Crippen LogP contribution in [-0.4, -0.2) is 67.4 Å². The number of hydrogen-bond acceptors (Lipinski definition) is 4. The van der Waals surface area contributed by atoms with Crippen molar-refractivity contribution < 1.29 is 9.84 Å². The standard InChI is InChI=1S/C25H30N2O2/c1-26-15-3-4-16-27-23(17-26)25(24(27)18-28)21-11-7-19(8-12-21)5-6-20-9-13-22(29-2)14-10-20/h7-14,23-25,28H,3-4,15-18H2,1-2H3/t23-,24+,25-/m0/s1. The first-order valence-electron chi connectivity index (χ1n) is 10.5. The molecule has 152 valence electrons. The summed E-state index contributed by atoms with van der Waals surface area (Å²) in [6, 6.07) is 17.1. The Morgan fingerprint density at radius 3 is 2.21 bits per heavy atom. The van der Waals surface area contributed by atoms with Crippen LogP contribution >= 0.6 is 0 Å². The summed E-state index contributed by atoms with van der Waals surface area (Å²) in [5, 5.41) is 10.0. The van der Waals surface area contributed by atoms with Gasteiger partial charge in [0.15, 0.2) is 0 Å². The number of hydrogen-bond donors (Lipinski definition) is 1. The first-order chi connectivity index (χ1) is 14.2. The van der Waals surface area contributed by atoms with E-state index in [1.807, 2.05) is 24.3 Å². The minimum Gasteiger partial charge on any atom is -0.497 e. The molecule has 3 atom stereocenters. The van der Waals surface area contributed by atoms with Gasteiger partial charge in [0.2, 0.25) is 0 Å². The van der Waals surface area contributed by atoms with E-state index in [1.165, 1.54) is 24.9 Å². The van der Waals surface area contributed by atoms with Gasteiger partial charge in [0.1, 0.15) is 5.75 Å². The van der Waals surface area contributed by atoms with Gasteiger partial charge in [-0.05, 0) is 74.9 Å². The van der Waals surface area contributed by atoms with E-state index in [1.54, 1.807) is 7.11 Å². The third kappa shape index (κ3) is 4.33. The molecule has 4 rings (SSSR count). The number of aliphatic hydroxyl groups is 1. The molecule has 2 aliphatic rings. The van der Waals surface area contributed by atoms with Gasteiger partial charge in [0.05, 0.1) is 13.7 Å². The predicted molar refractivity (Wildman–Crippen MR) is 116 cm³/mol. The van der Waals surface area contributed by atoms with Crippen molar-refractivity contribution in [3.8, 4) is 17.6 Å². The van der Waals surface area contributed by atoms with Crippen LogP contribution in [-0.2, 0) is 0 Å². The van der Waals surface area contributed by atoms with Gasteiger partial charge in [-0.1, -0.05) is 24.0 Å². The van der Waals surface area contributed by atoms with Gasteiger partial charge < -0.3 is 14.7 Å². The highest BCUT2D eigenvalue weighted by molar-refractivity contribution is 5.45. The second-order valence-corrected chi connectivity index (χ2v) is 8.15. The highest BCUT2D eigenvalue weighted by Crippen LogP contribution is 2.41. The summed E-state index contributed by atoms with van der Waals surface area (Å²) in [6.45, 7) is 3.57. The third-order valence-electron chi connectivity index (χ3n) is 6.31. The number of nitrogens with zero attached hydrogens (tertiary/aromatic N) is 2. The normalized spacial score (nSPS) is 25.0. The van der Waals surface area contributed by atoms with Gasteiger partial charge in [0, 0.05) is 35.7 Å². The third-order valence-corrected chi connectivity index (χ3v) is 6.31. The molecule has 4 heteroatoms. The Morgan fingerprint density at radius 2 is 1.59 bits per heavy atom. The Labute approximate surface area is 174 Å². The molecule has 2 fully saturated rings. The Balaban J connectivity index is 1.48. The summed E-state index contributed by atoms with van der Waals surface area (Å²) < 4.78 is 5.19. The molecule has 2 aliphatic heterocycles. The van der Waals surface area contributed by atoms with Gasteiger partial charge in [-0.3, -0.25) is 4.90 Å². The molecule has 29 heavy (non-hydrogen) atoms. The monoisotopic (exact) mass is 390 g/mol. The Hall–Kier alpha value is -2.32. The maximum Gasteiger partial charge on any atom is 0.118 e. The first kappa shape index (κ1) is 20.0. The summed E-state index contributed by atoms with van der Waals surface area (Å²) in [5.74, 6) is 7.70. The fourth-order valence-corrected chi connectivity index (χ4v) is 4.72. The van der Waals surface area contributed by atoms with E-state index in [0.29, 0.717) is 12.0 Å². The highest BCUT2D eigenvalue weighted by atomic mass is 16.5. The van der Waals surface area contributed by atoms with Crippen molar-refractivity contribution in [1.29, 1.82) is 0 Å². The summed E-state index contributed by atoms with van der Waals surface area (Å²) in [4.78, 5) is 4.95. The number of likely N-dealkylation sites (N-methyl/N-ethyl adjacent to an activating group) is 1. The summed E-state index contributed by atoms with van der Waals surface area (Å²) in [5.41, 5.74) is 3.30. The fraction of sp³-hybridized carbons (Fsp3) is 0.440. The number of aliphatic hydroxyl groups excluding tert-OH is 1. The maximum atomic E-state index is 10.0. The summed E-state index contributed by atoms with van der Waals surface area (Å²) >= 11 is 0. The number of benzene rings is 2. The second kappa shape index (κ2) is 9.00. The van der Waals surface area contributed by atoms with Gasteiger partial charge >= 0.3 is 0 Å². The second-order valence-electron chi connectivity index (χ2n) is 8.15. The van der Waals surface area contributed by atoms with Gasteiger partial charge in [-0.15, -0.1) is 0 Å². The Kier molecular flexibility index (Phi) is 6.20. The number of ether oxygens (including phenoxy) is 1. The van der Waals surface area contributed by atoms with Gasteiger partial charge in [-0.25, -0.2) is 0 Å². The zero-order valence-corrected chi connectivity index (χ0v) is 17.3. The molecule has 0 aromatic heterocycles. The van der Waals surface area contributed by atoms with Crippen LogP contribution in [0.4, 0.5) is 0 Å². The van der Waals surface area contributed by atoms with Crippen LogP contribution in [0.1, 0.15) is 35.4 Å². The molecule has 0 unspecified atom stereocenters. The summed E-state index contributed by atoms with van der Waals surface area (Å²) in [6.07, 6.45) is 2.45. The van der Waals surface area contributed by atoms with E-state index in [0.717, 1.165) is 30.0 Å². The van der Waals surface area contributed by atoms with Gasteiger partial charge in [-0.2, -0.15) is 0 Å². The van der Waals surface area contributed by atoms with E-state index in [9.17, 15) is 5.11 Å². The lowest BCUT2D eigenvalue weighted by molar-refractivity contribution is -0.0614. The lowest BCUT2D eigenvalue weighted by Crippen LogP contribution is -2.67. The van der Waals surface area contributed by atoms with Crippen molar-refractivity contribution in [2.75, 3.05) is 40.4 Å². The fourth-order valence-electron chi connectivity index (χ4n) is 4.72. The molecule has 4 nitrogen and oxygen atoms in total. The number of fused-ring (bicyclic) bond motifs is 1. The molecule has 2 aromatic rings. The van der Waals surface area contributed by atoms with Crippen molar-refractivity contribution in [2.45, 2.75) is 30.8 Å². The topological polar surface area (TPSA) is 35.9 Å². The van der Waals surface area contributed by atoms with Crippen LogP contribution in [0.25, 0.3) is 0 Å².